The Kier molecular flexibility index (Phi) is 2.86. The SMILES string of the molecule is ClCc1nccn1CC1CCCO1. The molecule has 0 spiro atoms. The second-order valence-electron chi connectivity index (χ2n) is 3.26. The van der Waals surface area contributed by atoms with E-state index in [1.807, 2.05) is 6.20 Å². The molecule has 2 rings (SSSR count). The van der Waals surface area contributed by atoms with Gasteiger partial charge in [0.15, 0.2) is 0 Å². The van der Waals surface area contributed by atoms with Crippen LogP contribution in [-0.2, 0) is 17.2 Å². The third kappa shape index (κ3) is 2.03. The van der Waals surface area contributed by atoms with Crippen LogP contribution in [0.2, 0.25) is 0 Å². The smallest absolute Gasteiger partial charge is 0.123 e. The lowest BCUT2D eigenvalue weighted by molar-refractivity contribution is 0.0964. The summed E-state index contributed by atoms with van der Waals surface area (Å²) in [4.78, 5) is 4.15. The molecule has 1 aromatic heterocycles. The van der Waals surface area contributed by atoms with Crippen molar-refractivity contribution >= 4 is 11.6 Å². The highest BCUT2D eigenvalue weighted by atomic mass is 35.5. The molecule has 1 aliphatic heterocycles. The van der Waals surface area contributed by atoms with Crippen LogP contribution >= 0.6 is 11.6 Å². The van der Waals surface area contributed by atoms with Crippen LogP contribution in [0.5, 0.6) is 0 Å². The first kappa shape index (κ1) is 9.03. The molecule has 0 N–H and O–H groups in total. The lowest BCUT2D eigenvalue weighted by Crippen LogP contribution is -2.15. The fraction of sp³-hybridized carbons (Fsp3) is 0.667. The fourth-order valence-electron chi connectivity index (χ4n) is 1.65. The number of halogens is 1. The number of nitrogens with zero attached hydrogens (tertiary/aromatic N) is 2. The van der Waals surface area contributed by atoms with Crippen molar-refractivity contribution in [2.75, 3.05) is 6.61 Å². The average molecular weight is 201 g/mol. The van der Waals surface area contributed by atoms with Gasteiger partial charge in [-0.2, -0.15) is 0 Å². The van der Waals surface area contributed by atoms with Crippen LogP contribution < -0.4 is 0 Å². The van der Waals surface area contributed by atoms with Crippen molar-refractivity contribution in [3.63, 3.8) is 0 Å². The molecule has 0 radical (unpaired) electrons. The van der Waals surface area contributed by atoms with Gasteiger partial charge in [-0.3, -0.25) is 0 Å². The van der Waals surface area contributed by atoms with Gasteiger partial charge in [0.2, 0.25) is 0 Å². The summed E-state index contributed by atoms with van der Waals surface area (Å²) in [6.45, 7) is 1.79. The Labute approximate surface area is 82.7 Å². The summed E-state index contributed by atoms with van der Waals surface area (Å²) in [7, 11) is 0. The fourth-order valence-corrected chi connectivity index (χ4v) is 1.87. The van der Waals surface area contributed by atoms with Crippen molar-refractivity contribution in [3.8, 4) is 0 Å². The molecule has 72 valence electrons. The molecule has 1 saturated heterocycles. The highest BCUT2D eigenvalue weighted by Crippen LogP contribution is 2.15. The van der Waals surface area contributed by atoms with Gasteiger partial charge in [-0.05, 0) is 12.8 Å². The second-order valence-corrected chi connectivity index (χ2v) is 3.53. The average Bonchev–Trinajstić information content (AvgIpc) is 2.76. The predicted molar refractivity (Wildman–Crippen MR) is 50.8 cm³/mol. The highest BCUT2D eigenvalue weighted by Gasteiger charge is 2.16. The molecule has 1 fully saturated rings. The van der Waals surface area contributed by atoms with E-state index in [1.165, 1.54) is 6.42 Å². The first-order valence-electron chi connectivity index (χ1n) is 4.57. The Morgan fingerprint density at radius 2 is 2.62 bits per heavy atom. The Balaban J connectivity index is 1.99. The summed E-state index contributed by atoms with van der Waals surface area (Å²) in [5, 5.41) is 0. The minimum absolute atomic E-state index is 0.358. The van der Waals surface area contributed by atoms with Crippen molar-refractivity contribution in [1.29, 1.82) is 0 Å². The van der Waals surface area contributed by atoms with E-state index in [4.69, 9.17) is 16.3 Å². The Morgan fingerprint density at radius 3 is 3.31 bits per heavy atom. The van der Waals surface area contributed by atoms with Crippen molar-refractivity contribution < 1.29 is 4.74 Å². The number of hydrogen-bond donors (Lipinski definition) is 0. The lowest BCUT2D eigenvalue weighted by atomic mass is 10.2. The molecule has 4 heteroatoms. The number of aromatic nitrogens is 2. The van der Waals surface area contributed by atoms with Crippen LogP contribution in [0.4, 0.5) is 0 Å². The molecule has 0 aromatic carbocycles. The van der Waals surface area contributed by atoms with Crippen molar-refractivity contribution in [1.82, 2.24) is 9.55 Å². The van der Waals surface area contributed by atoms with E-state index in [0.717, 1.165) is 25.4 Å². The number of imidazole rings is 1. The summed E-state index contributed by atoms with van der Waals surface area (Å²) in [5.41, 5.74) is 0. The zero-order valence-corrected chi connectivity index (χ0v) is 8.20. The van der Waals surface area contributed by atoms with Gasteiger partial charge in [0.1, 0.15) is 5.82 Å². The van der Waals surface area contributed by atoms with Gasteiger partial charge in [-0.1, -0.05) is 0 Å². The van der Waals surface area contributed by atoms with E-state index in [1.54, 1.807) is 6.20 Å². The summed E-state index contributed by atoms with van der Waals surface area (Å²) < 4.78 is 7.61. The van der Waals surface area contributed by atoms with Gasteiger partial charge < -0.3 is 9.30 Å². The van der Waals surface area contributed by atoms with Gasteiger partial charge in [-0.15, -0.1) is 11.6 Å². The number of ether oxygens (including phenoxy) is 1. The quantitative estimate of drug-likeness (QED) is 0.696. The zero-order chi connectivity index (χ0) is 9.10. The molecule has 0 saturated carbocycles. The minimum atomic E-state index is 0.358. The number of alkyl halides is 1. The third-order valence-electron chi connectivity index (χ3n) is 2.35. The molecule has 1 atom stereocenters. The maximum absolute atomic E-state index is 5.73. The van der Waals surface area contributed by atoms with Gasteiger partial charge >= 0.3 is 0 Å². The second kappa shape index (κ2) is 4.11. The molecule has 1 aromatic rings. The molecule has 13 heavy (non-hydrogen) atoms. The summed E-state index contributed by atoms with van der Waals surface area (Å²) >= 11 is 5.73. The lowest BCUT2D eigenvalue weighted by Gasteiger charge is -2.11. The Bertz CT molecular complexity index is 268. The molecule has 0 aliphatic carbocycles. The minimum Gasteiger partial charge on any atom is -0.376 e. The van der Waals surface area contributed by atoms with E-state index >= 15 is 0 Å². The van der Waals surface area contributed by atoms with Gasteiger partial charge in [-0.25, -0.2) is 4.98 Å². The molecule has 0 amide bonds. The molecule has 1 unspecified atom stereocenters. The third-order valence-corrected chi connectivity index (χ3v) is 2.58. The van der Waals surface area contributed by atoms with Crippen LogP contribution in [0.25, 0.3) is 0 Å². The number of hydrogen-bond acceptors (Lipinski definition) is 2. The van der Waals surface area contributed by atoms with Gasteiger partial charge in [0.25, 0.3) is 0 Å². The molecule has 0 bridgehead atoms. The van der Waals surface area contributed by atoms with Crippen LogP contribution in [0.3, 0.4) is 0 Å². The Morgan fingerprint density at radius 1 is 1.69 bits per heavy atom. The standard InChI is InChI=1S/C9H13ClN2O/c10-6-9-11-3-4-12(9)7-8-2-1-5-13-8/h3-4,8H,1-2,5-7H2. The van der Waals surface area contributed by atoms with E-state index in [-0.39, 0.29) is 0 Å². The number of rotatable bonds is 3. The first-order chi connectivity index (χ1) is 6.40. The van der Waals surface area contributed by atoms with E-state index in [0.29, 0.717) is 12.0 Å². The largest absolute Gasteiger partial charge is 0.376 e. The molecule has 3 nitrogen and oxygen atoms in total. The van der Waals surface area contributed by atoms with Crippen LogP contribution in [0, 0.1) is 0 Å². The summed E-state index contributed by atoms with van der Waals surface area (Å²) in [6.07, 6.45) is 6.43. The monoisotopic (exact) mass is 200 g/mol. The Hall–Kier alpha value is -0.540. The summed E-state index contributed by atoms with van der Waals surface area (Å²) in [6, 6.07) is 0. The topological polar surface area (TPSA) is 27.1 Å². The summed E-state index contributed by atoms with van der Waals surface area (Å²) in [5.74, 6) is 1.40. The van der Waals surface area contributed by atoms with Crippen LogP contribution in [0.15, 0.2) is 12.4 Å². The van der Waals surface area contributed by atoms with E-state index in [2.05, 4.69) is 9.55 Å². The van der Waals surface area contributed by atoms with Crippen molar-refractivity contribution in [2.45, 2.75) is 31.4 Å². The highest BCUT2D eigenvalue weighted by molar-refractivity contribution is 6.16. The van der Waals surface area contributed by atoms with Crippen LogP contribution in [0.1, 0.15) is 18.7 Å². The van der Waals surface area contributed by atoms with Gasteiger partial charge in [0.05, 0.1) is 18.5 Å². The molecule has 2 heterocycles. The van der Waals surface area contributed by atoms with Crippen molar-refractivity contribution in [3.05, 3.63) is 18.2 Å². The normalized spacial score (nSPS) is 22.4. The molecular formula is C9H13ClN2O. The van der Waals surface area contributed by atoms with E-state index in [9.17, 15) is 0 Å². The zero-order valence-electron chi connectivity index (χ0n) is 7.45. The molecular weight excluding hydrogens is 188 g/mol. The predicted octanol–water partition coefficient (Wildman–Crippen LogP) is 1.80. The molecule has 1 aliphatic rings. The van der Waals surface area contributed by atoms with Crippen molar-refractivity contribution in [2.24, 2.45) is 0 Å². The maximum Gasteiger partial charge on any atom is 0.123 e. The van der Waals surface area contributed by atoms with E-state index < -0.39 is 0 Å². The van der Waals surface area contributed by atoms with Gasteiger partial charge in [0, 0.05) is 19.0 Å². The maximum atomic E-state index is 5.73. The van der Waals surface area contributed by atoms with Crippen LogP contribution in [-0.4, -0.2) is 22.3 Å². The first-order valence-corrected chi connectivity index (χ1v) is 5.11.